The number of piperazine rings is 1. The normalized spacial score (nSPS) is 16.9. The Balaban J connectivity index is 1.41. The maximum atomic E-state index is 13.8. The molecule has 0 unspecified atom stereocenters. The number of ether oxygens (including phenoxy) is 1. The fourth-order valence-corrected chi connectivity index (χ4v) is 6.65. The molecule has 3 aromatic rings. The summed E-state index contributed by atoms with van der Waals surface area (Å²) in [6.07, 6.45) is 2.81. The molecule has 5 rings (SSSR count). The van der Waals surface area contributed by atoms with Crippen molar-refractivity contribution in [3.05, 3.63) is 78.4 Å². The third kappa shape index (κ3) is 6.04. The van der Waals surface area contributed by atoms with Crippen molar-refractivity contribution in [1.82, 2.24) is 4.72 Å². The van der Waals surface area contributed by atoms with Crippen LogP contribution in [0.2, 0.25) is 0 Å². The Labute approximate surface area is 231 Å². The Hall–Kier alpha value is -3.56. The largest absolute Gasteiger partial charge is 0.495 e. The Morgan fingerprint density at radius 1 is 0.897 bits per heavy atom. The minimum absolute atomic E-state index is 0.00372. The molecule has 1 amide bonds. The molecule has 1 aliphatic carbocycles. The fourth-order valence-electron chi connectivity index (χ4n) is 5.17. The van der Waals surface area contributed by atoms with Crippen LogP contribution in [-0.4, -0.2) is 47.6 Å². The first-order valence-electron chi connectivity index (χ1n) is 13.5. The van der Waals surface area contributed by atoms with Crippen LogP contribution in [0.5, 0.6) is 5.75 Å². The van der Waals surface area contributed by atoms with Crippen LogP contribution >= 0.6 is 0 Å². The van der Waals surface area contributed by atoms with Gasteiger partial charge in [-0.2, -0.15) is 0 Å². The number of carbonyl (C=O) groups is 1. The van der Waals surface area contributed by atoms with Crippen LogP contribution in [0.15, 0.2) is 77.7 Å². The number of anilines is 3. The Morgan fingerprint density at radius 2 is 1.54 bits per heavy atom. The van der Waals surface area contributed by atoms with Gasteiger partial charge in [0.2, 0.25) is 15.9 Å². The van der Waals surface area contributed by atoms with E-state index in [4.69, 9.17) is 4.74 Å². The molecule has 0 bridgehead atoms. The van der Waals surface area contributed by atoms with E-state index in [1.807, 2.05) is 67.6 Å². The van der Waals surface area contributed by atoms with Crippen LogP contribution in [0.3, 0.4) is 0 Å². The van der Waals surface area contributed by atoms with Gasteiger partial charge in [0.05, 0.1) is 18.5 Å². The number of nitrogens with zero attached hydrogens (tertiary/aromatic N) is 2. The van der Waals surface area contributed by atoms with E-state index in [1.165, 1.54) is 0 Å². The predicted molar refractivity (Wildman–Crippen MR) is 155 cm³/mol. The maximum Gasteiger partial charge on any atom is 0.243 e. The summed E-state index contributed by atoms with van der Waals surface area (Å²) >= 11 is 0. The topological polar surface area (TPSA) is 91.0 Å². The molecule has 39 heavy (non-hydrogen) atoms. The molecule has 1 atom stereocenters. The van der Waals surface area contributed by atoms with Crippen LogP contribution in [0.4, 0.5) is 17.1 Å². The maximum absolute atomic E-state index is 13.8. The standard InChI is InChI=1S/C30H36N4O4S/c1-22(23-9-4-3-5-10-23)32-39(36,37)29-21-25(31-30(35)24-11-8-12-24)15-16-27(29)34-19-17-33(18-20-34)26-13-6-7-14-28(26)38-2/h3-7,9-10,13-16,21-22,24,32H,8,11-12,17-20H2,1-2H3,(H,31,35)/t22-/m1/s1. The average molecular weight is 549 g/mol. The van der Waals surface area contributed by atoms with Gasteiger partial charge in [-0.05, 0) is 55.7 Å². The van der Waals surface area contributed by atoms with Gasteiger partial charge in [0.15, 0.2) is 0 Å². The van der Waals surface area contributed by atoms with Crippen molar-refractivity contribution in [1.29, 1.82) is 0 Å². The van der Waals surface area contributed by atoms with Crippen LogP contribution in [-0.2, 0) is 14.8 Å². The van der Waals surface area contributed by atoms with E-state index in [9.17, 15) is 13.2 Å². The Kier molecular flexibility index (Phi) is 8.09. The first kappa shape index (κ1) is 27.0. The SMILES string of the molecule is COc1ccccc1N1CCN(c2ccc(NC(=O)C3CCC3)cc2S(=O)(=O)N[C@H](C)c2ccccc2)CC1. The lowest BCUT2D eigenvalue weighted by Crippen LogP contribution is -2.47. The highest BCUT2D eigenvalue weighted by Gasteiger charge is 2.29. The minimum atomic E-state index is -3.91. The molecule has 9 heteroatoms. The molecule has 1 aliphatic heterocycles. The van der Waals surface area contributed by atoms with Crippen molar-refractivity contribution in [2.45, 2.75) is 37.1 Å². The van der Waals surface area contributed by atoms with Gasteiger partial charge in [-0.1, -0.05) is 48.9 Å². The number of hydrogen-bond acceptors (Lipinski definition) is 6. The van der Waals surface area contributed by atoms with Crippen LogP contribution in [0.25, 0.3) is 0 Å². The van der Waals surface area contributed by atoms with Crippen molar-refractivity contribution >= 4 is 33.0 Å². The number of rotatable bonds is 9. The van der Waals surface area contributed by atoms with Crippen molar-refractivity contribution in [2.24, 2.45) is 5.92 Å². The van der Waals surface area contributed by atoms with E-state index < -0.39 is 16.1 Å². The first-order chi connectivity index (χ1) is 18.9. The molecule has 0 radical (unpaired) electrons. The summed E-state index contributed by atoms with van der Waals surface area (Å²) in [6.45, 7) is 4.55. The number of benzene rings is 3. The van der Waals surface area contributed by atoms with E-state index in [0.717, 1.165) is 36.3 Å². The summed E-state index contributed by atoms with van der Waals surface area (Å²) in [7, 11) is -2.24. The highest BCUT2D eigenvalue weighted by atomic mass is 32.2. The molecule has 206 valence electrons. The zero-order valence-corrected chi connectivity index (χ0v) is 23.3. The van der Waals surface area contributed by atoms with Crippen molar-refractivity contribution in [3.8, 4) is 5.75 Å². The molecule has 1 saturated heterocycles. The highest BCUT2D eigenvalue weighted by molar-refractivity contribution is 7.89. The molecular weight excluding hydrogens is 512 g/mol. The van der Waals surface area contributed by atoms with Crippen LogP contribution < -0.4 is 24.6 Å². The molecule has 3 aromatic carbocycles. The third-order valence-corrected chi connectivity index (χ3v) is 9.24. The summed E-state index contributed by atoms with van der Waals surface area (Å²) < 4.78 is 36.0. The number of methoxy groups -OCH3 is 1. The second kappa shape index (κ2) is 11.7. The molecular formula is C30H36N4O4S. The average Bonchev–Trinajstić information content (AvgIpc) is 2.92. The molecule has 2 aliphatic rings. The summed E-state index contributed by atoms with van der Waals surface area (Å²) in [5.41, 5.74) is 3.03. The molecule has 1 saturated carbocycles. The summed E-state index contributed by atoms with van der Waals surface area (Å²) in [4.78, 5) is 17.2. The second-order valence-corrected chi connectivity index (χ2v) is 11.9. The number of para-hydroxylation sites is 2. The molecule has 0 aromatic heterocycles. The highest BCUT2D eigenvalue weighted by Crippen LogP contribution is 2.34. The molecule has 1 heterocycles. The number of carbonyl (C=O) groups excluding carboxylic acids is 1. The smallest absolute Gasteiger partial charge is 0.243 e. The summed E-state index contributed by atoms with van der Waals surface area (Å²) in [6, 6.07) is 22.2. The molecule has 8 nitrogen and oxygen atoms in total. The Morgan fingerprint density at radius 3 is 2.18 bits per heavy atom. The minimum Gasteiger partial charge on any atom is -0.495 e. The van der Waals surface area contributed by atoms with E-state index in [-0.39, 0.29) is 16.7 Å². The van der Waals surface area contributed by atoms with Crippen LogP contribution in [0.1, 0.15) is 37.8 Å². The summed E-state index contributed by atoms with van der Waals surface area (Å²) in [5, 5.41) is 2.94. The molecule has 2 fully saturated rings. The number of amides is 1. The van der Waals surface area contributed by atoms with E-state index in [2.05, 4.69) is 19.8 Å². The third-order valence-electron chi connectivity index (χ3n) is 7.67. The lowest BCUT2D eigenvalue weighted by Gasteiger charge is -2.38. The van der Waals surface area contributed by atoms with Gasteiger partial charge >= 0.3 is 0 Å². The Bertz CT molecular complexity index is 1400. The predicted octanol–water partition coefficient (Wildman–Crippen LogP) is 4.80. The van der Waals surface area contributed by atoms with Crippen molar-refractivity contribution in [2.75, 3.05) is 48.4 Å². The fraction of sp³-hybridized carbons (Fsp3) is 0.367. The lowest BCUT2D eigenvalue weighted by molar-refractivity contribution is -0.122. The zero-order chi connectivity index (χ0) is 27.4. The van der Waals surface area contributed by atoms with Crippen molar-refractivity contribution in [3.63, 3.8) is 0 Å². The number of sulfonamides is 1. The molecule has 0 spiro atoms. The van der Waals surface area contributed by atoms with Gasteiger partial charge in [0, 0.05) is 43.8 Å². The van der Waals surface area contributed by atoms with Gasteiger partial charge in [0.25, 0.3) is 0 Å². The quantitative estimate of drug-likeness (QED) is 0.399. The van der Waals surface area contributed by atoms with Crippen LogP contribution in [0, 0.1) is 5.92 Å². The molecule has 2 N–H and O–H groups in total. The van der Waals surface area contributed by atoms with E-state index >= 15 is 0 Å². The lowest BCUT2D eigenvalue weighted by atomic mass is 9.85. The van der Waals surface area contributed by atoms with E-state index in [1.54, 1.807) is 19.2 Å². The zero-order valence-electron chi connectivity index (χ0n) is 22.5. The van der Waals surface area contributed by atoms with Gasteiger partial charge < -0.3 is 19.9 Å². The van der Waals surface area contributed by atoms with Gasteiger partial charge in [0.1, 0.15) is 10.6 Å². The number of nitrogens with one attached hydrogen (secondary N) is 2. The van der Waals surface area contributed by atoms with E-state index in [0.29, 0.717) is 37.6 Å². The monoisotopic (exact) mass is 548 g/mol. The van der Waals surface area contributed by atoms with Gasteiger partial charge in [-0.15, -0.1) is 0 Å². The van der Waals surface area contributed by atoms with Gasteiger partial charge in [-0.3, -0.25) is 4.79 Å². The van der Waals surface area contributed by atoms with Gasteiger partial charge in [-0.25, -0.2) is 13.1 Å². The first-order valence-corrected chi connectivity index (χ1v) is 15.0. The second-order valence-electron chi connectivity index (χ2n) is 10.2. The van der Waals surface area contributed by atoms with Crippen molar-refractivity contribution < 1.29 is 17.9 Å². The summed E-state index contributed by atoms with van der Waals surface area (Å²) in [5.74, 6) is 0.775. The number of hydrogen-bond donors (Lipinski definition) is 2.